The summed E-state index contributed by atoms with van der Waals surface area (Å²) in [7, 11) is 0. The number of aryl methyl sites for hydroxylation is 1. The number of nitrogens with zero attached hydrogens (tertiary/aromatic N) is 1. The maximum absolute atomic E-state index is 8.85. The van der Waals surface area contributed by atoms with Crippen LogP contribution in [-0.4, -0.2) is 11.0 Å². The van der Waals surface area contributed by atoms with Crippen LogP contribution in [0.3, 0.4) is 0 Å². The molecule has 0 unspecified atom stereocenters. The molecule has 0 bridgehead atoms. The second-order valence-electron chi connectivity index (χ2n) is 4.16. The van der Waals surface area contributed by atoms with E-state index in [2.05, 4.69) is 5.16 Å². The summed E-state index contributed by atoms with van der Waals surface area (Å²) in [6.07, 6.45) is 0. The Balaban J connectivity index is 2.47. The lowest BCUT2D eigenvalue weighted by atomic mass is 10.1. The highest BCUT2D eigenvalue weighted by Gasteiger charge is 2.11. The summed E-state index contributed by atoms with van der Waals surface area (Å²) in [5.41, 5.74) is 7.42. The highest BCUT2D eigenvalue weighted by atomic mass is 35.5. The van der Waals surface area contributed by atoms with E-state index in [4.69, 9.17) is 34.1 Å². The van der Waals surface area contributed by atoms with Crippen LogP contribution in [0.4, 0.5) is 0 Å². The maximum Gasteiger partial charge on any atom is 0.171 e. The van der Waals surface area contributed by atoms with Crippen LogP contribution in [0.1, 0.15) is 11.1 Å². The topological polar surface area (TPSA) is 58.6 Å². The zero-order chi connectivity index (χ0) is 14.7. The minimum atomic E-state index is 0.0608. The van der Waals surface area contributed by atoms with Crippen LogP contribution in [0.25, 0.3) is 0 Å². The summed E-state index contributed by atoms with van der Waals surface area (Å²) < 4.78 is 0. The molecule has 0 fully saturated rings. The van der Waals surface area contributed by atoms with E-state index in [1.54, 1.807) is 18.2 Å². The van der Waals surface area contributed by atoms with Crippen molar-refractivity contribution in [3.8, 4) is 0 Å². The van der Waals surface area contributed by atoms with Crippen molar-refractivity contribution in [3.63, 3.8) is 0 Å². The van der Waals surface area contributed by atoms with Crippen LogP contribution in [-0.2, 0) is 0 Å². The smallest absolute Gasteiger partial charge is 0.171 e. The Morgan fingerprint density at radius 1 is 1.15 bits per heavy atom. The standard InChI is InChI=1S/C14H12Cl2N2OS/c1-8-2-4-10(14(17)18-19)12(6-8)20-13-7-9(15)3-5-11(13)16/h2-7,19H,1H3,(H2,17,18). The van der Waals surface area contributed by atoms with Gasteiger partial charge in [0.05, 0.1) is 5.02 Å². The van der Waals surface area contributed by atoms with Crippen molar-refractivity contribution in [3.05, 3.63) is 57.6 Å². The van der Waals surface area contributed by atoms with Crippen LogP contribution in [0.15, 0.2) is 51.3 Å². The Kier molecular flexibility index (Phi) is 4.81. The molecular formula is C14H12Cl2N2OS. The van der Waals surface area contributed by atoms with E-state index in [1.807, 2.05) is 25.1 Å². The first-order valence-corrected chi connectivity index (χ1v) is 7.30. The molecule has 6 heteroatoms. The summed E-state index contributed by atoms with van der Waals surface area (Å²) in [6, 6.07) is 10.9. The van der Waals surface area contributed by atoms with E-state index in [0.717, 1.165) is 15.4 Å². The van der Waals surface area contributed by atoms with Crippen LogP contribution >= 0.6 is 35.0 Å². The Morgan fingerprint density at radius 2 is 1.90 bits per heavy atom. The quantitative estimate of drug-likeness (QED) is 0.376. The van der Waals surface area contributed by atoms with Crippen molar-refractivity contribution in [1.82, 2.24) is 0 Å². The van der Waals surface area contributed by atoms with E-state index in [0.29, 0.717) is 15.6 Å². The molecule has 3 nitrogen and oxygen atoms in total. The first kappa shape index (κ1) is 15.0. The van der Waals surface area contributed by atoms with Crippen LogP contribution in [0.5, 0.6) is 0 Å². The van der Waals surface area contributed by atoms with Crippen molar-refractivity contribution >= 4 is 40.8 Å². The Labute approximate surface area is 131 Å². The van der Waals surface area contributed by atoms with Crippen molar-refractivity contribution in [2.45, 2.75) is 16.7 Å². The van der Waals surface area contributed by atoms with Gasteiger partial charge in [-0.1, -0.05) is 46.2 Å². The number of benzene rings is 2. The fourth-order valence-electron chi connectivity index (χ4n) is 1.65. The van der Waals surface area contributed by atoms with Gasteiger partial charge in [-0.3, -0.25) is 0 Å². The third-order valence-corrected chi connectivity index (χ3v) is 4.43. The van der Waals surface area contributed by atoms with E-state index >= 15 is 0 Å². The van der Waals surface area contributed by atoms with Crippen LogP contribution < -0.4 is 5.73 Å². The molecule has 0 atom stereocenters. The molecule has 0 spiro atoms. The van der Waals surface area contributed by atoms with Gasteiger partial charge < -0.3 is 10.9 Å². The molecule has 2 aromatic rings. The SMILES string of the molecule is Cc1ccc(C(N)=NO)c(Sc2cc(Cl)ccc2Cl)c1. The Hall–Kier alpha value is -1.36. The molecule has 0 amide bonds. The molecule has 0 aliphatic rings. The van der Waals surface area contributed by atoms with Gasteiger partial charge in [-0.05, 0) is 42.8 Å². The number of rotatable bonds is 3. The highest BCUT2D eigenvalue weighted by Crippen LogP contribution is 2.37. The van der Waals surface area contributed by atoms with Crippen molar-refractivity contribution < 1.29 is 5.21 Å². The second-order valence-corrected chi connectivity index (χ2v) is 6.09. The predicted octanol–water partition coefficient (Wildman–Crippen LogP) is 4.55. The first-order valence-electron chi connectivity index (χ1n) is 5.72. The van der Waals surface area contributed by atoms with Crippen LogP contribution in [0.2, 0.25) is 10.0 Å². The summed E-state index contributed by atoms with van der Waals surface area (Å²) in [6.45, 7) is 1.97. The fourth-order valence-corrected chi connectivity index (χ4v) is 3.24. The number of hydrogen-bond donors (Lipinski definition) is 2. The van der Waals surface area contributed by atoms with E-state index in [1.165, 1.54) is 11.8 Å². The molecule has 2 rings (SSSR count). The van der Waals surface area contributed by atoms with Gasteiger partial charge in [0, 0.05) is 20.4 Å². The van der Waals surface area contributed by atoms with Crippen molar-refractivity contribution in [2.75, 3.05) is 0 Å². The minimum Gasteiger partial charge on any atom is -0.409 e. The van der Waals surface area contributed by atoms with Gasteiger partial charge in [-0.2, -0.15) is 0 Å². The largest absolute Gasteiger partial charge is 0.409 e. The number of halogens is 2. The monoisotopic (exact) mass is 326 g/mol. The average molecular weight is 327 g/mol. The predicted molar refractivity (Wildman–Crippen MR) is 84.3 cm³/mol. The fraction of sp³-hybridized carbons (Fsp3) is 0.0714. The van der Waals surface area contributed by atoms with E-state index in [9.17, 15) is 0 Å². The van der Waals surface area contributed by atoms with Gasteiger partial charge in [0.25, 0.3) is 0 Å². The zero-order valence-corrected chi connectivity index (χ0v) is 12.9. The molecule has 0 saturated heterocycles. The third kappa shape index (κ3) is 3.39. The van der Waals surface area contributed by atoms with Gasteiger partial charge in [0.2, 0.25) is 0 Å². The second kappa shape index (κ2) is 6.39. The zero-order valence-electron chi connectivity index (χ0n) is 10.6. The van der Waals surface area contributed by atoms with E-state index < -0.39 is 0 Å². The molecular weight excluding hydrogens is 315 g/mol. The van der Waals surface area contributed by atoms with Crippen molar-refractivity contribution in [2.24, 2.45) is 10.9 Å². The highest BCUT2D eigenvalue weighted by molar-refractivity contribution is 7.99. The van der Waals surface area contributed by atoms with Gasteiger partial charge in [0.15, 0.2) is 5.84 Å². The summed E-state index contributed by atoms with van der Waals surface area (Å²) in [4.78, 5) is 1.67. The molecule has 3 N–H and O–H groups in total. The number of oxime groups is 1. The average Bonchev–Trinajstić information content (AvgIpc) is 2.42. The van der Waals surface area contributed by atoms with Crippen molar-refractivity contribution in [1.29, 1.82) is 0 Å². The molecule has 0 heterocycles. The molecule has 20 heavy (non-hydrogen) atoms. The lowest BCUT2D eigenvalue weighted by Gasteiger charge is -2.10. The minimum absolute atomic E-state index is 0.0608. The molecule has 0 radical (unpaired) electrons. The Morgan fingerprint density at radius 3 is 2.60 bits per heavy atom. The van der Waals surface area contributed by atoms with Gasteiger partial charge in [-0.25, -0.2) is 0 Å². The summed E-state index contributed by atoms with van der Waals surface area (Å²) >= 11 is 13.6. The van der Waals surface area contributed by atoms with Gasteiger partial charge in [-0.15, -0.1) is 0 Å². The summed E-state index contributed by atoms with van der Waals surface area (Å²) in [5.74, 6) is 0.0608. The lowest BCUT2D eigenvalue weighted by molar-refractivity contribution is 0.318. The van der Waals surface area contributed by atoms with Gasteiger partial charge in [0.1, 0.15) is 0 Å². The number of amidine groups is 1. The molecule has 104 valence electrons. The Bertz CT molecular complexity index is 674. The first-order chi connectivity index (χ1) is 9.51. The molecule has 0 aromatic heterocycles. The number of hydrogen-bond acceptors (Lipinski definition) is 3. The molecule has 0 aliphatic heterocycles. The lowest BCUT2D eigenvalue weighted by Crippen LogP contribution is -2.14. The van der Waals surface area contributed by atoms with Gasteiger partial charge >= 0.3 is 0 Å². The number of nitrogens with two attached hydrogens (primary N) is 1. The van der Waals surface area contributed by atoms with E-state index in [-0.39, 0.29) is 5.84 Å². The summed E-state index contributed by atoms with van der Waals surface area (Å²) in [5, 5.41) is 13.1. The molecule has 2 aromatic carbocycles. The maximum atomic E-state index is 8.85. The molecule has 0 saturated carbocycles. The third-order valence-electron chi connectivity index (χ3n) is 2.63. The normalized spacial score (nSPS) is 11.7. The molecule has 0 aliphatic carbocycles. The van der Waals surface area contributed by atoms with Crippen LogP contribution in [0, 0.1) is 6.92 Å².